The van der Waals surface area contributed by atoms with E-state index in [-0.39, 0.29) is 10.8 Å². The second-order valence-corrected chi connectivity index (χ2v) is 6.95. The number of rotatable bonds is 7. The molecule has 0 aromatic heterocycles. The third kappa shape index (κ3) is 3.73. The van der Waals surface area contributed by atoms with Gasteiger partial charge in [0.1, 0.15) is 5.75 Å². The normalized spacial score (nSPS) is 25.6. The molecule has 0 saturated carbocycles. The Labute approximate surface area is 144 Å². The van der Waals surface area contributed by atoms with E-state index < -0.39 is 0 Å². The van der Waals surface area contributed by atoms with Crippen molar-refractivity contribution in [3.63, 3.8) is 0 Å². The largest absolute Gasteiger partial charge is 0.494 e. The summed E-state index contributed by atoms with van der Waals surface area (Å²) in [7, 11) is 2.02. The molecule has 1 heterocycles. The number of likely N-dealkylation sites (tertiary alicyclic amines) is 1. The second kappa shape index (κ2) is 7.91. The predicted octanol–water partition coefficient (Wildman–Crippen LogP) is 3.82. The number of hydrogen-bond acceptors (Lipinski definition) is 4. The Balaban J connectivity index is 2.16. The van der Waals surface area contributed by atoms with Crippen LogP contribution >= 0.6 is 24.2 Å². The van der Waals surface area contributed by atoms with E-state index in [0.717, 1.165) is 42.4 Å². The molecular formula is C17H27ClN2OS. The van der Waals surface area contributed by atoms with Crippen LogP contribution in [0.1, 0.15) is 32.3 Å². The number of halogens is 1. The van der Waals surface area contributed by atoms with E-state index in [0.29, 0.717) is 6.61 Å². The lowest BCUT2D eigenvalue weighted by Crippen LogP contribution is -2.41. The van der Waals surface area contributed by atoms with Gasteiger partial charge in [0.05, 0.1) is 12.0 Å². The first-order valence-electron chi connectivity index (χ1n) is 8.04. The van der Waals surface area contributed by atoms with E-state index in [4.69, 9.17) is 29.0 Å². The maximum absolute atomic E-state index is 6.17. The monoisotopic (exact) mass is 342 g/mol. The number of thiol groups is 1. The molecule has 1 saturated heterocycles. The summed E-state index contributed by atoms with van der Waals surface area (Å²) in [6.07, 6.45) is 2.30. The lowest BCUT2D eigenvalue weighted by atomic mass is 9.84. The zero-order valence-corrected chi connectivity index (χ0v) is 15.4. The molecule has 1 aromatic carbocycles. The summed E-state index contributed by atoms with van der Waals surface area (Å²) in [5, 5.41) is 4.34. The van der Waals surface area contributed by atoms with Gasteiger partial charge in [-0.25, -0.2) is 0 Å². The fourth-order valence-electron chi connectivity index (χ4n) is 3.37. The highest BCUT2D eigenvalue weighted by atomic mass is 35.5. The lowest BCUT2D eigenvalue weighted by molar-refractivity contribution is 0.210. The molecule has 1 aliphatic heterocycles. The van der Waals surface area contributed by atoms with Crippen LogP contribution in [0.2, 0.25) is 5.02 Å². The Morgan fingerprint density at radius 2 is 2.23 bits per heavy atom. The van der Waals surface area contributed by atoms with E-state index in [9.17, 15) is 0 Å². The molecular weight excluding hydrogens is 316 g/mol. The van der Waals surface area contributed by atoms with Crippen LogP contribution < -0.4 is 10.1 Å². The highest BCUT2D eigenvalue weighted by Gasteiger charge is 2.43. The average Bonchev–Trinajstić information content (AvgIpc) is 2.80. The van der Waals surface area contributed by atoms with Crippen LogP contribution in [0.4, 0.5) is 0 Å². The molecule has 1 aliphatic rings. The van der Waals surface area contributed by atoms with Crippen LogP contribution in [-0.4, -0.2) is 37.0 Å². The van der Waals surface area contributed by atoms with Gasteiger partial charge >= 0.3 is 0 Å². The van der Waals surface area contributed by atoms with Crippen LogP contribution in [0.15, 0.2) is 18.2 Å². The van der Waals surface area contributed by atoms with Gasteiger partial charge in [-0.1, -0.05) is 18.5 Å². The number of nitrogens with zero attached hydrogens (tertiary/aromatic N) is 1. The van der Waals surface area contributed by atoms with Crippen molar-refractivity contribution in [1.82, 2.24) is 10.2 Å². The summed E-state index contributed by atoms with van der Waals surface area (Å²) in [5.74, 6) is 0.926. The van der Waals surface area contributed by atoms with Gasteiger partial charge in [0.15, 0.2) is 0 Å². The van der Waals surface area contributed by atoms with Crippen molar-refractivity contribution in [2.24, 2.45) is 5.41 Å². The summed E-state index contributed by atoms with van der Waals surface area (Å²) >= 11 is 11.1. The number of benzene rings is 1. The first kappa shape index (κ1) is 17.9. The van der Waals surface area contributed by atoms with Crippen LogP contribution in [0, 0.1) is 5.41 Å². The summed E-state index contributed by atoms with van der Waals surface area (Å²) in [6.45, 7) is 7.82. The molecule has 0 amide bonds. The first-order valence-corrected chi connectivity index (χ1v) is 8.93. The van der Waals surface area contributed by atoms with Crippen molar-refractivity contribution in [2.75, 3.05) is 26.7 Å². The van der Waals surface area contributed by atoms with E-state index in [2.05, 4.69) is 17.1 Å². The van der Waals surface area contributed by atoms with Crippen LogP contribution in [0.3, 0.4) is 0 Å². The van der Waals surface area contributed by atoms with Gasteiger partial charge in [-0.2, -0.15) is 12.6 Å². The minimum absolute atomic E-state index is 0.238. The minimum Gasteiger partial charge on any atom is -0.494 e. The van der Waals surface area contributed by atoms with Gasteiger partial charge in [-0.15, -0.1) is 0 Å². The average molecular weight is 343 g/mol. The van der Waals surface area contributed by atoms with Crippen molar-refractivity contribution in [2.45, 2.75) is 38.6 Å². The zero-order chi connectivity index (χ0) is 16.2. The molecule has 1 N–H and O–H groups in total. The maximum atomic E-state index is 6.17. The fourth-order valence-corrected chi connectivity index (χ4v) is 4.17. The van der Waals surface area contributed by atoms with Crippen molar-refractivity contribution in [3.8, 4) is 5.75 Å². The summed E-state index contributed by atoms with van der Waals surface area (Å²) in [6, 6.07) is 5.86. The summed E-state index contributed by atoms with van der Waals surface area (Å²) in [5.41, 5.74) is 1.38. The van der Waals surface area contributed by atoms with Gasteiger partial charge in [-0.05, 0) is 45.0 Å². The SMILES string of the molecule is CCOc1ccc(Cl)cc1CN1CC[C@@](CC)(CNC)C1S. The molecule has 0 aliphatic carbocycles. The molecule has 0 spiro atoms. The van der Waals surface area contributed by atoms with E-state index in [1.54, 1.807) is 0 Å². The van der Waals surface area contributed by atoms with Crippen LogP contribution in [0.5, 0.6) is 5.75 Å². The molecule has 22 heavy (non-hydrogen) atoms. The van der Waals surface area contributed by atoms with Gasteiger partial charge in [0.2, 0.25) is 0 Å². The second-order valence-electron chi connectivity index (χ2n) is 6.03. The molecule has 0 bridgehead atoms. The van der Waals surface area contributed by atoms with Crippen molar-refractivity contribution >= 4 is 24.2 Å². The zero-order valence-electron chi connectivity index (χ0n) is 13.7. The summed E-state index contributed by atoms with van der Waals surface area (Å²) in [4.78, 5) is 2.43. The third-order valence-electron chi connectivity index (χ3n) is 4.72. The third-order valence-corrected chi connectivity index (χ3v) is 5.83. The summed E-state index contributed by atoms with van der Waals surface area (Å²) < 4.78 is 5.74. The molecule has 0 radical (unpaired) electrons. The first-order chi connectivity index (χ1) is 10.6. The molecule has 124 valence electrons. The van der Waals surface area contributed by atoms with Crippen LogP contribution in [0.25, 0.3) is 0 Å². The number of ether oxygens (including phenoxy) is 1. The Kier molecular flexibility index (Phi) is 6.45. The topological polar surface area (TPSA) is 24.5 Å². The van der Waals surface area contributed by atoms with Crippen molar-refractivity contribution in [3.05, 3.63) is 28.8 Å². The molecule has 1 fully saturated rings. The Hall–Kier alpha value is -0.420. The minimum atomic E-state index is 0.238. The van der Waals surface area contributed by atoms with Crippen LogP contribution in [-0.2, 0) is 6.54 Å². The fraction of sp³-hybridized carbons (Fsp3) is 0.647. The lowest BCUT2D eigenvalue weighted by Gasteiger charge is -2.34. The highest BCUT2D eigenvalue weighted by Crippen LogP contribution is 2.42. The Morgan fingerprint density at radius 1 is 1.45 bits per heavy atom. The number of hydrogen-bond donors (Lipinski definition) is 2. The van der Waals surface area contributed by atoms with Gasteiger partial charge in [0, 0.05) is 35.6 Å². The number of nitrogens with one attached hydrogen (secondary N) is 1. The van der Waals surface area contributed by atoms with E-state index in [1.807, 2.05) is 32.2 Å². The molecule has 5 heteroatoms. The van der Waals surface area contributed by atoms with Gasteiger partial charge in [-0.3, -0.25) is 4.90 Å². The molecule has 1 unspecified atom stereocenters. The highest BCUT2D eigenvalue weighted by molar-refractivity contribution is 7.80. The predicted molar refractivity (Wildman–Crippen MR) is 97.1 cm³/mol. The van der Waals surface area contributed by atoms with Gasteiger partial charge < -0.3 is 10.1 Å². The smallest absolute Gasteiger partial charge is 0.123 e. The standard InChI is InChI=1S/C17H27ClN2OS/c1-4-17(12-19-3)8-9-20(16(17)22)11-13-10-14(18)6-7-15(13)21-5-2/h6-7,10,16,19,22H,4-5,8-9,11-12H2,1-3H3/t16?,17-/m0/s1. The Bertz CT molecular complexity index is 500. The Morgan fingerprint density at radius 3 is 2.86 bits per heavy atom. The maximum Gasteiger partial charge on any atom is 0.123 e. The quantitative estimate of drug-likeness (QED) is 0.737. The molecule has 2 rings (SSSR count). The van der Waals surface area contributed by atoms with E-state index >= 15 is 0 Å². The molecule has 3 nitrogen and oxygen atoms in total. The van der Waals surface area contributed by atoms with Gasteiger partial charge in [0.25, 0.3) is 0 Å². The molecule has 1 aromatic rings. The van der Waals surface area contributed by atoms with E-state index in [1.165, 1.54) is 6.42 Å². The van der Waals surface area contributed by atoms with Crippen molar-refractivity contribution < 1.29 is 4.74 Å². The van der Waals surface area contributed by atoms with Crippen molar-refractivity contribution in [1.29, 1.82) is 0 Å². The molecule has 2 atom stereocenters.